The van der Waals surface area contributed by atoms with E-state index in [1.165, 1.54) is 24.3 Å². The topological polar surface area (TPSA) is 69.4 Å². The van der Waals surface area contributed by atoms with Crippen molar-refractivity contribution in [2.45, 2.75) is 0 Å². The monoisotopic (exact) mass is 339 g/mol. The lowest BCUT2D eigenvalue weighted by Crippen LogP contribution is -1.94. The van der Waals surface area contributed by atoms with Crippen molar-refractivity contribution in [3.63, 3.8) is 0 Å². The molecule has 0 heterocycles. The summed E-state index contributed by atoms with van der Waals surface area (Å²) in [6.45, 7) is 0. The minimum atomic E-state index is -0.615. The van der Waals surface area contributed by atoms with Crippen LogP contribution in [0, 0.1) is 15.9 Å². The van der Waals surface area contributed by atoms with E-state index in [2.05, 4.69) is 15.9 Å². The molecule has 0 fully saturated rings. The Morgan fingerprint density at radius 3 is 2.60 bits per heavy atom. The Morgan fingerprint density at radius 1 is 1.25 bits per heavy atom. The maximum absolute atomic E-state index is 13.3. The molecule has 2 aromatic carbocycles. The molecule has 20 heavy (non-hydrogen) atoms. The fourth-order valence-electron chi connectivity index (χ4n) is 1.50. The first kappa shape index (κ1) is 14.1. The molecule has 0 bridgehead atoms. The van der Waals surface area contributed by atoms with Crippen molar-refractivity contribution in [2.75, 3.05) is 0 Å². The lowest BCUT2D eigenvalue weighted by Gasteiger charge is -2.08. The molecule has 2 aromatic rings. The number of hydrogen-bond donors (Lipinski definition) is 0. The van der Waals surface area contributed by atoms with E-state index >= 15 is 0 Å². The fourth-order valence-corrected chi connectivity index (χ4v) is 1.75. The first-order valence-electron chi connectivity index (χ1n) is 5.38. The van der Waals surface area contributed by atoms with Crippen LogP contribution in [0.25, 0.3) is 0 Å². The molecule has 0 spiro atoms. The Kier molecular flexibility index (Phi) is 4.09. The molecule has 0 saturated carbocycles. The van der Waals surface area contributed by atoms with E-state index in [4.69, 9.17) is 4.74 Å². The van der Waals surface area contributed by atoms with Crippen LogP contribution in [0.3, 0.4) is 0 Å². The number of carbonyl (C=O) groups is 1. The summed E-state index contributed by atoms with van der Waals surface area (Å²) < 4.78 is 19.0. The molecule has 0 unspecified atom stereocenters. The van der Waals surface area contributed by atoms with Gasteiger partial charge in [-0.25, -0.2) is 4.39 Å². The van der Waals surface area contributed by atoms with Crippen molar-refractivity contribution in [1.29, 1.82) is 0 Å². The van der Waals surface area contributed by atoms with Crippen LogP contribution in [0.15, 0.2) is 40.9 Å². The molecular weight excluding hydrogens is 333 g/mol. The van der Waals surface area contributed by atoms with E-state index in [1.807, 2.05) is 0 Å². The van der Waals surface area contributed by atoms with Gasteiger partial charge in [-0.1, -0.05) is 0 Å². The molecule has 0 aliphatic rings. The van der Waals surface area contributed by atoms with E-state index in [-0.39, 0.29) is 27.2 Å². The number of hydrogen-bond acceptors (Lipinski definition) is 4. The van der Waals surface area contributed by atoms with Crippen molar-refractivity contribution in [1.82, 2.24) is 0 Å². The highest BCUT2D eigenvalue weighted by Crippen LogP contribution is 2.29. The molecular formula is C13H7BrFNO4. The number of non-ortho nitro benzene ring substituents is 1. The fraction of sp³-hybridized carbons (Fsp3) is 0. The molecule has 102 valence electrons. The lowest BCUT2D eigenvalue weighted by atomic mass is 10.2. The summed E-state index contributed by atoms with van der Waals surface area (Å²) >= 11 is 3.01. The summed E-state index contributed by atoms with van der Waals surface area (Å²) in [6.07, 6.45) is 0.442. The molecule has 0 aromatic heterocycles. The Balaban J connectivity index is 2.35. The zero-order chi connectivity index (χ0) is 14.7. The summed E-state index contributed by atoms with van der Waals surface area (Å²) in [5.74, 6) is -0.216. The van der Waals surface area contributed by atoms with Gasteiger partial charge >= 0.3 is 0 Å². The highest BCUT2D eigenvalue weighted by molar-refractivity contribution is 9.10. The predicted octanol–water partition coefficient (Wildman–Crippen LogP) is 4.10. The number of benzene rings is 2. The Morgan fingerprint density at radius 2 is 2.00 bits per heavy atom. The number of rotatable bonds is 4. The first-order valence-corrected chi connectivity index (χ1v) is 6.17. The van der Waals surface area contributed by atoms with Gasteiger partial charge in [0, 0.05) is 18.2 Å². The van der Waals surface area contributed by atoms with Crippen molar-refractivity contribution < 1.29 is 18.8 Å². The highest BCUT2D eigenvalue weighted by Gasteiger charge is 2.12. The van der Waals surface area contributed by atoms with Gasteiger partial charge in [-0.05, 0) is 34.1 Å². The number of ether oxygens (including phenoxy) is 1. The molecule has 0 N–H and O–H groups in total. The van der Waals surface area contributed by atoms with Crippen LogP contribution in [0.2, 0.25) is 0 Å². The molecule has 2 rings (SSSR count). The van der Waals surface area contributed by atoms with Crippen LogP contribution in [0.4, 0.5) is 10.1 Å². The summed E-state index contributed by atoms with van der Waals surface area (Å²) in [6, 6.07) is 7.69. The van der Waals surface area contributed by atoms with E-state index in [0.717, 1.165) is 12.1 Å². The molecule has 0 radical (unpaired) electrons. The largest absolute Gasteiger partial charge is 0.457 e. The van der Waals surface area contributed by atoms with Crippen molar-refractivity contribution >= 4 is 27.9 Å². The lowest BCUT2D eigenvalue weighted by molar-refractivity contribution is -0.384. The van der Waals surface area contributed by atoms with Crippen LogP contribution < -0.4 is 4.74 Å². The second kappa shape index (κ2) is 5.79. The summed E-state index contributed by atoms with van der Waals surface area (Å²) in [7, 11) is 0. The predicted molar refractivity (Wildman–Crippen MR) is 72.7 cm³/mol. The van der Waals surface area contributed by atoms with Crippen LogP contribution in [-0.4, -0.2) is 11.2 Å². The number of carbonyl (C=O) groups excluding carboxylic acids is 1. The van der Waals surface area contributed by atoms with Gasteiger partial charge in [0.15, 0.2) is 6.29 Å². The smallest absolute Gasteiger partial charge is 0.270 e. The second-order valence-corrected chi connectivity index (χ2v) is 4.63. The summed E-state index contributed by atoms with van der Waals surface area (Å²) in [5.41, 5.74) is -0.205. The standard InChI is InChI=1S/C13H7BrFNO4/c14-11-3-2-10(6-12(11)15)20-13-4-1-9(16(18)19)5-8(13)7-17/h1-7H. The maximum atomic E-state index is 13.3. The van der Waals surface area contributed by atoms with Crippen molar-refractivity contribution in [3.05, 3.63) is 62.4 Å². The minimum Gasteiger partial charge on any atom is -0.457 e. The average molecular weight is 340 g/mol. The average Bonchev–Trinajstić information content (AvgIpc) is 2.43. The Labute approximate surface area is 121 Å². The third kappa shape index (κ3) is 3.00. The quantitative estimate of drug-likeness (QED) is 0.477. The van der Waals surface area contributed by atoms with Crippen molar-refractivity contribution in [3.8, 4) is 11.5 Å². The molecule has 7 heteroatoms. The van der Waals surface area contributed by atoms with Gasteiger partial charge < -0.3 is 4.74 Å². The van der Waals surface area contributed by atoms with Gasteiger partial charge in [-0.3, -0.25) is 14.9 Å². The van der Waals surface area contributed by atoms with Crippen molar-refractivity contribution in [2.24, 2.45) is 0 Å². The number of halogens is 2. The number of nitro benzene ring substituents is 1. The Hall–Kier alpha value is -2.28. The SMILES string of the molecule is O=Cc1cc([N+](=O)[O-])ccc1Oc1ccc(Br)c(F)c1. The van der Waals surface area contributed by atoms with E-state index in [1.54, 1.807) is 0 Å². The zero-order valence-corrected chi connectivity index (χ0v) is 11.5. The molecule has 0 atom stereocenters. The van der Waals surface area contributed by atoms with E-state index < -0.39 is 10.7 Å². The van der Waals surface area contributed by atoms with Gasteiger partial charge in [0.1, 0.15) is 17.3 Å². The van der Waals surface area contributed by atoms with Crippen LogP contribution in [0.1, 0.15) is 10.4 Å². The number of nitrogens with zero attached hydrogens (tertiary/aromatic N) is 1. The van der Waals surface area contributed by atoms with Gasteiger partial charge in [-0.2, -0.15) is 0 Å². The van der Waals surface area contributed by atoms with E-state index in [9.17, 15) is 19.3 Å². The zero-order valence-electron chi connectivity index (χ0n) is 9.88. The van der Waals surface area contributed by atoms with E-state index in [0.29, 0.717) is 6.29 Å². The molecule has 0 aliphatic carbocycles. The minimum absolute atomic E-state index is 0.0162. The normalized spacial score (nSPS) is 10.1. The molecule has 0 amide bonds. The highest BCUT2D eigenvalue weighted by atomic mass is 79.9. The third-order valence-electron chi connectivity index (χ3n) is 2.45. The maximum Gasteiger partial charge on any atom is 0.270 e. The van der Waals surface area contributed by atoms with Gasteiger partial charge in [0.25, 0.3) is 5.69 Å². The summed E-state index contributed by atoms with van der Waals surface area (Å²) in [5, 5.41) is 10.6. The third-order valence-corrected chi connectivity index (χ3v) is 3.09. The molecule has 0 aliphatic heterocycles. The first-order chi connectivity index (χ1) is 9.51. The van der Waals surface area contributed by atoms with Crippen LogP contribution >= 0.6 is 15.9 Å². The van der Waals surface area contributed by atoms with Gasteiger partial charge in [0.2, 0.25) is 0 Å². The summed E-state index contributed by atoms with van der Waals surface area (Å²) in [4.78, 5) is 20.9. The van der Waals surface area contributed by atoms with Crippen LogP contribution in [-0.2, 0) is 0 Å². The molecule has 5 nitrogen and oxygen atoms in total. The number of nitro groups is 1. The number of aldehydes is 1. The second-order valence-electron chi connectivity index (χ2n) is 3.78. The Bertz CT molecular complexity index is 690. The van der Waals surface area contributed by atoms with Gasteiger partial charge in [0.05, 0.1) is 15.0 Å². The molecule has 0 saturated heterocycles. The van der Waals surface area contributed by atoms with Gasteiger partial charge in [-0.15, -0.1) is 0 Å². The van der Waals surface area contributed by atoms with Crippen LogP contribution in [0.5, 0.6) is 11.5 Å².